The molecule has 0 heterocycles. The molecule has 82 valence electrons. The molecule has 0 saturated carbocycles. The van der Waals surface area contributed by atoms with Gasteiger partial charge in [-0.2, -0.15) is 0 Å². The number of nitrogens with zero attached hydrogens (tertiary/aromatic N) is 1. The molecule has 2 unspecified atom stereocenters. The molecule has 0 rings (SSSR count). The summed E-state index contributed by atoms with van der Waals surface area (Å²) in [6, 6.07) is -0.313. The highest BCUT2D eigenvalue weighted by atomic mass is 16.4. The van der Waals surface area contributed by atoms with E-state index in [0.29, 0.717) is 6.42 Å². The fourth-order valence-electron chi connectivity index (χ4n) is 1.19. The molecule has 6 nitrogen and oxygen atoms in total. The van der Waals surface area contributed by atoms with E-state index in [0.717, 1.165) is 0 Å². The van der Waals surface area contributed by atoms with Crippen molar-refractivity contribution >= 4 is 11.7 Å². The fourth-order valence-corrected chi connectivity index (χ4v) is 1.19. The minimum atomic E-state index is -0.376. The standard InChI is InChI=1S/C8H18N4O2/c1-3-6(8(10)12-14)11-5(2)4-7(9)13/h5-6,11,14H,3-4H2,1-2H3,(H2,9,13)(H2,10,12). The van der Waals surface area contributed by atoms with Crippen LogP contribution in [0.1, 0.15) is 26.7 Å². The predicted octanol–water partition coefficient (Wildman–Crippen LogP) is -0.635. The van der Waals surface area contributed by atoms with Gasteiger partial charge in [-0.1, -0.05) is 12.1 Å². The Morgan fingerprint density at radius 2 is 2.14 bits per heavy atom. The largest absolute Gasteiger partial charge is 0.409 e. The molecule has 0 aliphatic heterocycles. The molecule has 0 saturated heterocycles. The second kappa shape index (κ2) is 6.20. The topological polar surface area (TPSA) is 114 Å². The number of rotatable bonds is 6. The van der Waals surface area contributed by atoms with E-state index in [-0.39, 0.29) is 30.2 Å². The quantitative estimate of drug-likeness (QED) is 0.198. The van der Waals surface area contributed by atoms with Gasteiger partial charge in [0.1, 0.15) is 0 Å². The molecule has 6 N–H and O–H groups in total. The van der Waals surface area contributed by atoms with Gasteiger partial charge in [-0.3, -0.25) is 4.79 Å². The number of primary amides is 1. The molecule has 1 amide bonds. The highest BCUT2D eigenvalue weighted by molar-refractivity contribution is 5.85. The van der Waals surface area contributed by atoms with Gasteiger partial charge in [0.15, 0.2) is 5.84 Å². The molecular formula is C8H18N4O2. The van der Waals surface area contributed by atoms with Crippen molar-refractivity contribution in [2.45, 2.75) is 38.8 Å². The normalized spacial score (nSPS) is 16.3. The molecular weight excluding hydrogens is 184 g/mol. The monoisotopic (exact) mass is 202 g/mol. The van der Waals surface area contributed by atoms with Crippen molar-refractivity contribution in [1.29, 1.82) is 0 Å². The lowest BCUT2D eigenvalue weighted by molar-refractivity contribution is -0.118. The van der Waals surface area contributed by atoms with Crippen LogP contribution in [0.3, 0.4) is 0 Å². The van der Waals surface area contributed by atoms with E-state index < -0.39 is 0 Å². The van der Waals surface area contributed by atoms with Gasteiger partial charge in [-0.15, -0.1) is 0 Å². The second-order valence-corrected chi connectivity index (χ2v) is 3.22. The lowest BCUT2D eigenvalue weighted by atomic mass is 10.1. The van der Waals surface area contributed by atoms with Crippen molar-refractivity contribution in [1.82, 2.24) is 5.32 Å². The van der Waals surface area contributed by atoms with Gasteiger partial charge in [0.2, 0.25) is 5.91 Å². The third-order valence-corrected chi connectivity index (χ3v) is 1.87. The summed E-state index contributed by atoms with van der Waals surface area (Å²) in [6.07, 6.45) is 0.911. The van der Waals surface area contributed by atoms with E-state index in [4.69, 9.17) is 16.7 Å². The van der Waals surface area contributed by atoms with Crippen LogP contribution in [0.4, 0.5) is 0 Å². The van der Waals surface area contributed by atoms with Gasteiger partial charge in [0, 0.05) is 12.5 Å². The number of amides is 1. The molecule has 0 fully saturated rings. The van der Waals surface area contributed by atoms with Gasteiger partial charge in [-0.05, 0) is 13.3 Å². The average molecular weight is 202 g/mol. The molecule has 0 aromatic rings. The van der Waals surface area contributed by atoms with Crippen LogP contribution in [-0.2, 0) is 4.79 Å². The minimum absolute atomic E-state index is 0.0854. The van der Waals surface area contributed by atoms with Crippen molar-refractivity contribution < 1.29 is 10.0 Å². The number of oxime groups is 1. The van der Waals surface area contributed by atoms with Crippen LogP contribution in [0.15, 0.2) is 5.16 Å². The average Bonchev–Trinajstić information content (AvgIpc) is 2.11. The number of nitrogens with one attached hydrogen (secondary N) is 1. The SMILES string of the molecule is CCC(NC(C)CC(N)=O)C(N)=NO. The molecule has 0 spiro atoms. The first-order valence-corrected chi connectivity index (χ1v) is 4.53. The van der Waals surface area contributed by atoms with E-state index in [1.54, 1.807) is 0 Å². The summed E-state index contributed by atoms with van der Waals surface area (Å²) in [4.78, 5) is 10.6. The Hall–Kier alpha value is -1.30. The van der Waals surface area contributed by atoms with Crippen molar-refractivity contribution in [2.24, 2.45) is 16.6 Å². The molecule has 0 radical (unpaired) electrons. The first-order valence-electron chi connectivity index (χ1n) is 4.53. The van der Waals surface area contributed by atoms with Crippen molar-refractivity contribution in [3.63, 3.8) is 0 Å². The van der Waals surface area contributed by atoms with Gasteiger partial charge < -0.3 is 22.0 Å². The van der Waals surface area contributed by atoms with E-state index >= 15 is 0 Å². The van der Waals surface area contributed by atoms with Crippen LogP contribution in [0, 0.1) is 0 Å². The highest BCUT2D eigenvalue weighted by Gasteiger charge is 2.15. The molecule has 0 aliphatic carbocycles. The molecule has 0 aliphatic rings. The lowest BCUT2D eigenvalue weighted by Crippen LogP contribution is -2.46. The third kappa shape index (κ3) is 4.66. The van der Waals surface area contributed by atoms with E-state index in [9.17, 15) is 4.79 Å². The van der Waals surface area contributed by atoms with Gasteiger partial charge >= 0.3 is 0 Å². The zero-order valence-electron chi connectivity index (χ0n) is 8.53. The summed E-state index contributed by atoms with van der Waals surface area (Å²) in [5, 5.41) is 14.4. The summed E-state index contributed by atoms with van der Waals surface area (Å²) < 4.78 is 0. The summed E-state index contributed by atoms with van der Waals surface area (Å²) in [7, 11) is 0. The molecule has 0 bridgehead atoms. The first-order chi connectivity index (χ1) is 6.51. The Morgan fingerprint density at radius 1 is 1.57 bits per heavy atom. The number of nitrogens with two attached hydrogens (primary N) is 2. The molecule has 0 aromatic heterocycles. The third-order valence-electron chi connectivity index (χ3n) is 1.87. The van der Waals surface area contributed by atoms with Crippen LogP contribution in [0.2, 0.25) is 0 Å². The van der Waals surface area contributed by atoms with Crippen molar-refractivity contribution in [3.8, 4) is 0 Å². The Balaban J connectivity index is 4.11. The van der Waals surface area contributed by atoms with Gasteiger partial charge in [-0.25, -0.2) is 0 Å². The van der Waals surface area contributed by atoms with Crippen LogP contribution in [0.25, 0.3) is 0 Å². The Labute approximate surface area is 83.3 Å². The molecule has 0 aromatic carbocycles. The van der Waals surface area contributed by atoms with Crippen LogP contribution in [-0.4, -0.2) is 29.0 Å². The molecule has 2 atom stereocenters. The summed E-state index contributed by atoms with van der Waals surface area (Å²) in [5.41, 5.74) is 10.5. The maximum atomic E-state index is 10.6. The fraction of sp³-hybridized carbons (Fsp3) is 0.750. The highest BCUT2D eigenvalue weighted by Crippen LogP contribution is 1.97. The zero-order valence-corrected chi connectivity index (χ0v) is 8.53. The van der Waals surface area contributed by atoms with E-state index in [1.807, 2.05) is 13.8 Å². The maximum Gasteiger partial charge on any atom is 0.218 e. The predicted molar refractivity (Wildman–Crippen MR) is 53.9 cm³/mol. The van der Waals surface area contributed by atoms with E-state index in [2.05, 4.69) is 10.5 Å². The smallest absolute Gasteiger partial charge is 0.218 e. The Kier molecular flexibility index (Phi) is 5.62. The van der Waals surface area contributed by atoms with Gasteiger partial charge in [0.25, 0.3) is 0 Å². The summed E-state index contributed by atoms with van der Waals surface area (Å²) in [6.45, 7) is 3.71. The summed E-state index contributed by atoms with van der Waals surface area (Å²) in [5.74, 6) is -0.261. The number of hydrogen-bond donors (Lipinski definition) is 4. The first kappa shape index (κ1) is 12.7. The van der Waals surface area contributed by atoms with E-state index in [1.165, 1.54) is 0 Å². The second-order valence-electron chi connectivity index (χ2n) is 3.22. The Morgan fingerprint density at radius 3 is 2.50 bits per heavy atom. The van der Waals surface area contributed by atoms with Crippen molar-refractivity contribution in [2.75, 3.05) is 0 Å². The lowest BCUT2D eigenvalue weighted by Gasteiger charge is -2.19. The van der Waals surface area contributed by atoms with Gasteiger partial charge in [0.05, 0.1) is 6.04 Å². The van der Waals surface area contributed by atoms with Crippen LogP contribution >= 0.6 is 0 Å². The van der Waals surface area contributed by atoms with Crippen LogP contribution < -0.4 is 16.8 Å². The Bertz CT molecular complexity index is 217. The number of carbonyl (C=O) groups excluding carboxylic acids is 1. The number of hydrogen-bond acceptors (Lipinski definition) is 4. The minimum Gasteiger partial charge on any atom is -0.409 e. The maximum absolute atomic E-state index is 10.6. The zero-order chi connectivity index (χ0) is 11.1. The summed E-state index contributed by atoms with van der Waals surface area (Å²) >= 11 is 0. The number of carbonyl (C=O) groups is 1. The molecule has 14 heavy (non-hydrogen) atoms. The van der Waals surface area contributed by atoms with Crippen molar-refractivity contribution in [3.05, 3.63) is 0 Å². The number of amidine groups is 1. The van der Waals surface area contributed by atoms with Crippen LogP contribution in [0.5, 0.6) is 0 Å². The molecule has 6 heteroatoms.